The molecule has 3 aromatic carbocycles. The van der Waals surface area contributed by atoms with Crippen LogP contribution in [0.1, 0.15) is 72.7 Å². The van der Waals surface area contributed by atoms with Crippen LogP contribution in [0.15, 0.2) is 78.9 Å². The predicted molar refractivity (Wildman–Crippen MR) is 176 cm³/mol. The number of carboxylic acid groups (broad SMARTS) is 1. The Labute approximate surface area is 262 Å². The van der Waals surface area contributed by atoms with Gasteiger partial charge in [-0.05, 0) is 97.2 Å². The molecule has 7 heteroatoms. The van der Waals surface area contributed by atoms with Crippen LogP contribution in [0.3, 0.4) is 0 Å². The fourth-order valence-corrected chi connectivity index (χ4v) is 7.19. The summed E-state index contributed by atoms with van der Waals surface area (Å²) in [6, 6.07) is 26.2. The number of nitrogens with zero attached hydrogens (tertiary/aromatic N) is 1. The quantitative estimate of drug-likeness (QED) is 0.147. The smallest absolute Gasteiger partial charge is 0.372 e. The Morgan fingerprint density at radius 1 is 1.02 bits per heavy atom. The number of aliphatic carboxylic acids is 1. The number of thioether (sulfide) groups is 1. The molecule has 1 aromatic heterocycles. The number of hydrogen-bond acceptors (Lipinski definition) is 5. The highest BCUT2D eigenvalue weighted by Crippen LogP contribution is 2.53. The molecule has 1 atom stereocenters. The molecule has 5 rings (SSSR count). The first-order chi connectivity index (χ1) is 20.5. The molecule has 43 heavy (non-hydrogen) atoms. The highest BCUT2D eigenvalue weighted by atomic mass is 35.5. The third-order valence-corrected chi connectivity index (χ3v) is 10.0. The van der Waals surface area contributed by atoms with Gasteiger partial charge in [0, 0.05) is 22.1 Å². The minimum Gasteiger partial charge on any atom is -0.476 e. The second kappa shape index (κ2) is 13.0. The Balaban J connectivity index is 1.37. The van der Waals surface area contributed by atoms with Crippen molar-refractivity contribution in [3.05, 3.63) is 112 Å². The first-order valence-corrected chi connectivity index (χ1v) is 16.0. The molecule has 1 saturated carbocycles. The van der Waals surface area contributed by atoms with Crippen molar-refractivity contribution in [2.24, 2.45) is 5.41 Å². The molecule has 0 spiro atoms. The summed E-state index contributed by atoms with van der Waals surface area (Å²) in [5.41, 5.74) is 4.77. The molecule has 0 aliphatic heterocycles. The number of benzene rings is 3. The van der Waals surface area contributed by atoms with Crippen LogP contribution in [0.4, 0.5) is 0 Å². The van der Waals surface area contributed by atoms with Crippen LogP contribution in [-0.4, -0.2) is 32.7 Å². The molecule has 1 heterocycles. The number of hydrogen-bond donors (Lipinski definition) is 2. The number of carboxylic acids is 1. The first-order valence-electron chi connectivity index (χ1n) is 14.5. The summed E-state index contributed by atoms with van der Waals surface area (Å²) in [5, 5.41) is 21.7. The van der Waals surface area contributed by atoms with E-state index in [-0.39, 0.29) is 17.1 Å². The van der Waals surface area contributed by atoms with Gasteiger partial charge in [-0.3, -0.25) is 4.79 Å². The minimum atomic E-state index is -1.35. The molecule has 0 unspecified atom stereocenters. The van der Waals surface area contributed by atoms with E-state index in [1.165, 1.54) is 5.56 Å². The maximum Gasteiger partial charge on any atom is 0.372 e. The van der Waals surface area contributed by atoms with Gasteiger partial charge in [-0.1, -0.05) is 78.3 Å². The van der Waals surface area contributed by atoms with Crippen molar-refractivity contribution in [1.82, 2.24) is 4.98 Å². The summed E-state index contributed by atoms with van der Waals surface area (Å²) in [6.45, 7) is 3.62. The summed E-state index contributed by atoms with van der Waals surface area (Å²) in [7, 11) is 0. The maximum absolute atomic E-state index is 12.0. The predicted octanol–water partition coefficient (Wildman–Crippen LogP) is 8.52. The molecule has 0 saturated heterocycles. The van der Waals surface area contributed by atoms with E-state index in [2.05, 4.69) is 36.4 Å². The van der Waals surface area contributed by atoms with E-state index in [1.807, 2.05) is 68.5 Å². The molecular weight excluding hydrogens is 578 g/mol. The number of ketones is 1. The van der Waals surface area contributed by atoms with Crippen molar-refractivity contribution < 1.29 is 19.8 Å². The number of aromatic nitrogens is 1. The molecule has 5 nitrogen and oxygen atoms in total. The average Bonchev–Trinajstić information content (AvgIpc) is 3.74. The number of Topliss-reactive ketones (excluding diaryl/α,β-unsaturated/α-hetero) is 1. The highest BCUT2D eigenvalue weighted by molar-refractivity contribution is 7.99. The second-order valence-electron chi connectivity index (χ2n) is 12.0. The molecule has 222 valence electrons. The van der Waals surface area contributed by atoms with E-state index in [0.29, 0.717) is 5.02 Å². The number of aryl methyl sites for hydroxylation is 1. The largest absolute Gasteiger partial charge is 0.476 e. The monoisotopic (exact) mass is 613 g/mol. The van der Waals surface area contributed by atoms with Gasteiger partial charge in [-0.15, -0.1) is 0 Å². The third-order valence-electron chi connectivity index (χ3n) is 8.08. The van der Waals surface area contributed by atoms with Crippen molar-refractivity contribution in [1.29, 1.82) is 0 Å². The summed E-state index contributed by atoms with van der Waals surface area (Å²) in [6.07, 6.45) is 7.51. The topological polar surface area (TPSA) is 87.5 Å². The molecular formula is C36H36ClNO4S. The standard InChI is InChI=1S/C36H36ClNO4S/c1-35(2,42)30-9-4-3-7-25(30)13-17-33(43-23-36(18-19-36)22-32(39)34(40)41)27-8-5-6-24(20-27)10-15-29-16-12-26-11-14-28(37)21-31(26)38-29/h3-12,14-16,20-21,33,42H,13,17-19,22-23H2,1-2H3,(H,40,41)/t33-/m1/s1. The lowest BCUT2D eigenvalue weighted by atomic mass is 9.90. The molecule has 2 N–H and O–H groups in total. The maximum atomic E-state index is 12.0. The fraction of sp³-hybridized carbons (Fsp3) is 0.306. The van der Waals surface area contributed by atoms with E-state index in [4.69, 9.17) is 21.7 Å². The van der Waals surface area contributed by atoms with E-state index >= 15 is 0 Å². The zero-order valence-corrected chi connectivity index (χ0v) is 26.0. The lowest BCUT2D eigenvalue weighted by molar-refractivity contribution is -0.149. The number of pyridine rings is 1. The third kappa shape index (κ3) is 8.14. The Morgan fingerprint density at radius 2 is 1.79 bits per heavy atom. The van der Waals surface area contributed by atoms with Gasteiger partial charge in [0.2, 0.25) is 5.78 Å². The molecule has 1 aliphatic carbocycles. The van der Waals surface area contributed by atoms with Gasteiger partial charge in [0.25, 0.3) is 0 Å². The van der Waals surface area contributed by atoms with Crippen molar-refractivity contribution in [3.63, 3.8) is 0 Å². The summed E-state index contributed by atoms with van der Waals surface area (Å²) in [5.74, 6) is -1.32. The number of carbonyl (C=O) groups is 2. The van der Waals surface area contributed by atoms with E-state index < -0.39 is 17.4 Å². The molecule has 1 fully saturated rings. The van der Waals surface area contributed by atoms with Gasteiger partial charge >= 0.3 is 5.97 Å². The second-order valence-corrected chi connectivity index (χ2v) is 13.7. The van der Waals surface area contributed by atoms with Gasteiger partial charge in [0.15, 0.2) is 0 Å². The van der Waals surface area contributed by atoms with E-state index in [1.54, 1.807) is 11.8 Å². The first kappa shape index (κ1) is 31.0. The van der Waals surface area contributed by atoms with Crippen LogP contribution < -0.4 is 0 Å². The van der Waals surface area contributed by atoms with Crippen molar-refractivity contribution in [2.75, 3.05) is 5.75 Å². The van der Waals surface area contributed by atoms with Crippen LogP contribution in [0, 0.1) is 5.41 Å². The lowest BCUT2D eigenvalue weighted by Crippen LogP contribution is -2.20. The van der Waals surface area contributed by atoms with Gasteiger partial charge in [0.1, 0.15) is 0 Å². The zero-order valence-electron chi connectivity index (χ0n) is 24.4. The Kier molecular flexibility index (Phi) is 9.40. The van der Waals surface area contributed by atoms with E-state index in [9.17, 15) is 14.7 Å². The number of aliphatic hydroxyl groups is 1. The molecule has 0 bridgehead atoms. The Morgan fingerprint density at radius 3 is 2.53 bits per heavy atom. The van der Waals surface area contributed by atoms with Crippen LogP contribution >= 0.6 is 23.4 Å². The van der Waals surface area contributed by atoms with Gasteiger partial charge in [-0.2, -0.15) is 11.8 Å². The summed E-state index contributed by atoms with van der Waals surface area (Å²) < 4.78 is 0. The van der Waals surface area contributed by atoms with Crippen molar-refractivity contribution in [2.45, 2.75) is 56.8 Å². The number of fused-ring (bicyclic) bond motifs is 1. The summed E-state index contributed by atoms with van der Waals surface area (Å²) in [4.78, 5) is 28.0. The minimum absolute atomic E-state index is 0.0936. The van der Waals surface area contributed by atoms with Crippen molar-refractivity contribution in [3.8, 4) is 0 Å². The van der Waals surface area contributed by atoms with E-state index in [0.717, 1.165) is 64.7 Å². The summed E-state index contributed by atoms with van der Waals surface area (Å²) >= 11 is 7.97. The molecule has 4 aromatic rings. The SMILES string of the molecule is CC(C)(O)c1ccccc1CC[C@@H](SCC1(CC(=O)C(=O)O)CC1)c1cccc(C=Cc2ccc3ccc(Cl)cc3n2)c1. The Bertz CT molecular complexity index is 1670. The molecule has 0 radical (unpaired) electrons. The fourth-order valence-electron chi connectivity index (χ4n) is 5.45. The van der Waals surface area contributed by atoms with Crippen LogP contribution in [0.5, 0.6) is 0 Å². The Hall–Kier alpha value is -3.45. The number of rotatable bonds is 13. The van der Waals surface area contributed by atoms with Gasteiger partial charge < -0.3 is 10.2 Å². The number of halogens is 1. The lowest BCUT2D eigenvalue weighted by Gasteiger charge is -2.24. The normalized spacial score (nSPS) is 15.1. The van der Waals surface area contributed by atoms with Crippen molar-refractivity contribution >= 4 is 58.2 Å². The number of carbonyl (C=O) groups excluding carboxylic acids is 1. The molecule has 1 aliphatic rings. The van der Waals surface area contributed by atoms with Gasteiger partial charge in [0.05, 0.1) is 16.8 Å². The zero-order chi connectivity index (χ0) is 30.6. The van der Waals surface area contributed by atoms with Crippen LogP contribution in [0.2, 0.25) is 5.02 Å². The molecule has 0 amide bonds. The van der Waals surface area contributed by atoms with Crippen LogP contribution in [0.25, 0.3) is 23.1 Å². The average molecular weight is 614 g/mol. The highest BCUT2D eigenvalue weighted by Gasteiger charge is 2.45. The van der Waals surface area contributed by atoms with Gasteiger partial charge in [-0.25, -0.2) is 9.78 Å². The van der Waals surface area contributed by atoms with Crippen LogP contribution in [-0.2, 0) is 21.6 Å².